The van der Waals surface area contributed by atoms with Crippen LogP contribution in [0.1, 0.15) is 77.6 Å². The molecule has 10 nitrogen and oxygen atoms in total. The molecule has 0 saturated carbocycles. The van der Waals surface area contributed by atoms with Gasteiger partial charge in [-0.2, -0.15) is 4.98 Å². The molecule has 1 N–H and O–H groups in total. The predicted molar refractivity (Wildman–Crippen MR) is 143 cm³/mol. The van der Waals surface area contributed by atoms with Gasteiger partial charge in [-0.15, -0.1) is 0 Å². The normalized spacial score (nSPS) is 15.2. The Labute approximate surface area is 229 Å². The molecule has 1 aromatic carbocycles. The van der Waals surface area contributed by atoms with E-state index < -0.39 is 29.5 Å². The Bertz CT molecular complexity index is 1090. The van der Waals surface area contributed by atoms with E-state index in [4.69, 9.17) is 18.7 Å². The zero-order valence-electron chi connectivity index (χ0n) is 23.8. The topological polar surface area (TPSA) is 116 Å². The summed E-state index contributed by atoms with van der Waals surface area (Å²) in [6, 6.07) is 4.02. The number of ether oxygens (including phenoxy) is 3. The van der Waals surface area contributed by atoms with Gasteiger partial charge in [0.2, 0.25) is 0 Å². The lowest BCUT2D eigenvalue weighted by atomic mass is 9.92. The van der Waals surface area contributed by atoms with Crippen molar-refractivity contribution in [3.8, 4) is 5.75 Å². The molecular weight excluding hydrogens is 507 g/mol. The van der Waals surface area contributed by atoms with Gasteiger partial charge in [-0.3, -0.25) is 0 Å². The van der Waals surface area contributed by atoms with Gasteiger partial charge in [0.25, 0.3) is 0 Å². The van der Waals surface area contributed by atoms with Gasteiger partial charge in [-0.25, -0.2) is 14.0 Å². The zero-order valence-corrected chi connectivity index (χ0v) is 23.8. The van der Waals surface area contributed by atoms with Gasteiger partial charge in [-0.1, -0.05) is 25.1 Å². The summed E-state index contributed by atoms with van der Waals surface area (Å²) in [5.41, 5.74) is -0.485. The van der Waals surface area contributed by atoms with E-state index in [9.17, 15) is 14.0 Å². The molecule has 2 aromatic rings. The summed E-state index contributed by atoms with van der Waals surface area (Å²) in [7, 11) is 1.21. The highest BCUT2D eigenvalue weighted by atomic mass is 19.1. The van der Waals surface area contributed by atoms with Crippen molar-refractivity contribution in [2.24, 2.45) is 5.92 Å². The minimum absolute atomic E-state index is 0.0842. The van der Waals surface area contributed by atoms with E-state index in [0.29, 0.717) is 24.3 Å². The van der Waals surface area contributed by atoms with Crippen LogP contribution in [0.4, 0.5) is 15.2 Å². The molecule has 1 atom stereocenters. The smallest absolute Gasteiger partial charge is 0.408 e. The number of anilines is 1. The Morgan fingerprint density at radius 2 is 1.95 bits per heavy atom. The quantitative estimate of drug-likeness (QED) is 0.305. The van der Waals surface area contributed by atoms with Crippen molar-refractivity contribution in [3.05, 3.63) is 35.4 Å². The molecule has 0 radical (unpaired) electrons. The van der Waals surface area contributed by atoms with E-state index in [1.165, 1.54) is 13.2 Å². The number of carbonyl (C=O) groups excluding carboxylic acids is 2. The number of aromatic nitrogens is 2. The molecule has 0 unspecified atom stereocenters. The van der Waals surface area contributed by atoms with Crippen LogP contribution in [-0.4, -0.2) is 60.7 Å². The summed E-state index contributed by atoms with van der Waals surface area (Å²) in [6.07, 6.45) is 3.10. The highest BCUT2D eigenvalue weighted by Crippen LogP contribution is 2.26. The van der Waals surface area contributed by atoms with Gasteiger partial charge in [0.15, 0.2) is 5.82 Å². The summed E-state index contributed by atoms with van der Waals surface area (Å²) in [5, 5.41) is 6.50. The highest BCUT2D eigenvalue weighted by molar-refractivity contribution is 5.81. The predicted octanol–water partition coefficient (Wildman–Crippen LogP) is 5.02. The Hall–Kier alpha value is -3.37. The number of hydrogen-bond donors (Lipinski definition) is 1. The van der Waals surface area contributed by atoms with Crippen LogP contribution in [0.25, 0.3) is 0 Å². The van der Waals surface area contributed by atoms with E-state index in [2.05, 4.69) is 20.4 Å². The number of hydrogen-bond acceptors (Lipinski definition) is 9. The molecule has 0 aliphatic carbocycles. The molecule has 216 valence electrons. The molecule has 1 amide bonds. The average Bonchev–Trinajstić information content (AvgIpc) is 3.37. The number of methoxy groups -OCH3 is 1. The fraction of sp³-hybridized carbons (Fsp3) is 0.643. The molecular formula is C28H41FN4O6. The van der Waals surface area contributed by atoms with Crippen LogP contribution in [0.15, 0.2) is 22.7 Å². The lowest BCUT2D eigenvalue weighted by Gasteiger charge is -2.30. The number of rotatable bonds is 11. The molecule has 39 heavy (non-hydrogen) atoms. The Morgan fingerprint density at radius 1 is 1.23 bits per heavy atom. The first-order valence-electron chi connectivity index (χ1n) is 13.5. The Balaban J connectivity index is 1.42. The molecule has 11 heteroatoms. The Morgan fingerprint density at radius 3 is 2.54 bits per heavy atom. The fourth-order valence-electron chi connectivity index (χ4n) is 4.35. The third-order valence-corrected chi connectivity index (χ3v) is 6.48. The summed E-state index contributed by atoms with van der Waals surface area (Å²) < 4.78 is 36.0. The number of benzene rings is 1. The molecule has 1 saturated heterocycles. The van der Waals surface area contributed by atoms with Gasteiger partial charge in [0.1, 0.15) is 23.2 Å². The van der Waals surface area contributed by atoms with Crippen molar-refractivity contribution in [1.29, 1.82) is 0 Å². The van der Waals surface area contributed by atoms with Crippen LogP contribution in [0.5, 0.6) is 5.75 Å². The summed E-state index contributed by atoms with van der Waals surface area (Å²) in [4.78, 5) is 30.9. The number of alkyl carbamates (subject to hydrolysis) is 1. The molecule has 0 spiro atoms. The van der Waals surface area contributed by atoms with Crippen LogP contribution in [-0.2, 0) is 20.7 Å². The van der Waals surface area contributed by atoms with E-state index in [-0.39, 0.29) is 17.9 Å². The number of carbonyl (C=O) groups is 2. The van der Waals surface area contributed by atoms with Crippen LogP contribution >= 0.6 is 0 Å². The van der Waals surface area contributed by atoms with Gasteiger partial charge in [0, 0.05) is 31.5 Å². The molecule has 3 rings (SSSR count). The maximum absolute atomic E-state index is 14.8. The number of amides is 1. The maximum Gasteiger partial charge on any atom is 0.408 e. The first-order chi connectivity index (χ1) is 18.4. The average molecular weight is 549 g/mol. The first kappa shape index (κ1) is 30.2. The van der Waals surface area contributed by atoms with E-state index in [1.807, 2.05) is 13.8 Å². The van der Waals surface area contributed by atoms with Crippen molar-refractivity contribution in [2.75, 3.05) is 31.7 Å². The molecule has 1 aliphatic heterocycles. The lowest BCUT2D eigenvalue weighted by molar-refractivity contribution is -0.143. The first-order valence-corrected chi connectivity index (χ1v) is 13.5. The van der Waals surface area contributed by atoms with Gasteiger partial charge >= 0.3 is 18.1 Å². The second-order valence-corrected chi connectivity index (χ2v) is 11.2. The molecule has 1 fully saturated rings. The number of nitrogens with one attached hydrogen (secondary N) is 1. The van der Waals surface area contributed by atoms with Gasteiger partial charge in [-0.05, 0) is 64.0 Å². The lowest BCUT2D eigenvalue weighted by Crippen LogP contribution is -2.45. The van der Waals surface area contributed by atoms with Crippen LogP contribution < -0.4 is 15.0 Å². The number of piperidine rings is 1. The van der Waals surface area contributed by atoms with E-state index >= 15 is 0 Å². The van der Waals surface area contributed by atoms with Gasteiger partial charge < -0.3 is 29.0 Å². The number of halogens is 1. The molecule has 1 aliphatic rings. The van der Waals surface area contributed by atoms with Crippen molar-refractivity contribution in [3.63, 3.8) is 0 Å². The molecule has 2 heterocycles. The van der Waals surface area contributed by atoms with Crippen molar-refractivity contribution < 1.29 is 32.7 Å². The largest absolute Gasteiger partial charge is 0.493 e. The molecule has 1 aromatic heterocycles. The minimum atomic E-state index is -1.09. The van der Waals surface area contributed by atoms with E-state index in [1.54, 1.807) is 32.9 Å². The summed E-state index contributed by atoms with van der Waals surface area (Å²) in [6.45, 7) is 11.5. The zero-order chi connectivity index (χ0) is 28.6. The number of esters is 1. The van der Waals surface area contributed by atoms with Crippen molar-refractivity contribution in [1.82, 2.24) is 15.5 Å². The molecule has 0 bridgehead atoms. The fourth-order valence-corrected chi connectivity index (χ4v) is 4.35. The maximum atomic E-state index is 14.8. The van der Waals surface area contributed by atoms with Gasteiger partial charge in [0.05, 0.1) is 13.7 Å². The van der Waals surface area contributed by atoms with Crippen LogP contribution in [0, 0.1) is 11.7 Å². The second kappa shape index (κ2) is 13.6. The van der Waals surface area contributed by atoms with Crippen molar-refractivity contribution >= 4 is 18.1 Å². The third-order valence-electron chi connectivity index (χ3n) is 6.48. The monoisotopic (exact) mass is 548 g/mol. The highest BCUT2D eigenvalue weighted by Gasteiger charge is 2.27. The summed E-state index contributed by atoms with van der Waals surface area (Å²) >= 11 is 0. The third kappa shape index (κ3) is 9.40. The number of nitrogens with zero attached hydrogens (tertiary/aromatic N) is 3. The van der Waals surface area contributed by atoms with Crippen LogP contribution in [0.3, 0.4) is 0 Å². The van der Waals surface area contributed by atoms with Crippen molar-refractivity contribution in [2.45, 2.75) is 84.3 Å². The van der Waals surface area contributed by atoms with Crippen LogP contribution in [0.2, 0.25) is 0 Å². The standard InChI is InChI=1S/C28H41FN4O6/c1-18(2)24-31-26(39-32-24)33-13-11-19(12-14-33)8-7-15-37-21-10-9-20(22(29)17-21)16-23(25(34)36-6)30-27(35)38-28(3,4)5/h9-10,17-19,23H,7-8,11-16H2,1-6H3,(H,30,35)/t23-/m0/s1. The Kier molecular flexibility index (Phi) is 10.5. The second-order valence-electron chi connectivity index (χ2n) is 11.2. The van der Waals surface area contributed by atoms with E-state index in [0.717, 1.165) is 44.6 Å². The SMILES string of the molecule is COC(=O)[C@H](Cc1ccc(OCCCC2CCN(c3nc(C(C)C)no3)CC2)cc1F)NC(=O)OC(C)(C)C. The minimum Gasteiger partial charge on any atom is -0.493 e. The summed E-state index contributed by atoms with van der Waals surface area (Å²) in [5.74, 6) is 0.754.